The van der Waals surface area contributed by atoms with Crippen LogP contribution < -0.4 is 21.5 Å². The van der Waals surface area contributed by atoms with E-state index < -0.39 is 41.3 Å². The zero-order valence-corrected chi connectivity index (χ0v) is 36.3. The van der Waals surface area contributed by atoms with E-state index in [9.17, 15) is 38.7 Å². The molecular formula is C46H61FN6O10. The highest BCUT2D eigenvalue weighted by atomic mass is 19.1. The zero-order chi connectivity index (χ0) is 45.0. The maximum atomic E-state index is 15.3. The molecule has 0 aliphatic carbocycles. The summed E-state index contributed by atoms with van der Waals surface area (Å²) in [5.41, 5.74) is 1.51. The maximum absolute atomic E-state index is 15.3. The van der Waals surface area contributed by atoms with Crippen LogP contribution in [0.1, 0.15) is 121 Å². The molecule has 4 atom stereocenters. The maximum Gasteiger partial charge on any atom is 0.343 e. The van der Waals surface area contributed by atoms with Crippen molar-refractivity contribution in [1.82, 2.24) is 30.4 Å². The summed E-state index contributed by atoms with van der Waals surface area (Å²) >= 11 is 0. The van der Waals surface area contributed by atoms with Crippen molar-refractivity contribution in [2.45, 2.75) is 138 Å². The van der Waals surface area contributed by atoms with Gasteiger partial charge in [-0.3, -0.25) is 33.7 Å². The van der Waals surface area contributed by atoms with E-state index in [4.69, 9.17) is 14.5 Å². The van der Waals surface area contributed by atoms with Gasteiger partial charge in [-0.15, -0.1) is 0 Å². The van der Waals surface area contributed by atoms with Crippen LogP contribution in [-0.4, -0.2) is 87.0 Å². The molecule has 0 bridgehead atoms. The van der Waals surface area contributed by atoms with Crippen molar-refractivity contribution in [2.24, 2.45) is 11.8 Å². The van der Waals surface area contributed by atoms with E-state index >= 15 is 4.39 Å². The highest BCUT2D eigenvalue weighted by Gasteiger charge is 2.45. The number of rotatable bonds is 19. The third kappa shape index (κ3) is 10.1. The Kier molecular flexibility index (Phi) is 15.6. The number of amides is 5. The van der Waals surface area contributed by atoms with E-state index in [1.165, 1.54) is 17.9 Å². The number of cyclic esters (lactones) is 1. The lowest BCUT2D eigenvalue weighted by Gasteiger charge is -2.31. The Hall–Kier alpha value is -5.55. The van der Waals surface area contributed by atoms with Gasteiger partial charge in [0, 0.05) is 54.5 Å². The first-order valence-corrected chi connectivity index (χ1v) is 21.5. The minimum atomic E-state index is -1.95. The second-order valence-corrected chi connectivity index (χ2v) is 17.0. The van der Waals surface area contributed by atoms with Crippen LogP contribution in [0.4, 0.5) is 4.39 Å². The van der Waals surface area contributed by atoms with Crippen LogP contribution in [0, 0.1) is 24.6 Å². The van der Waals surface area contributed by atoms with E-state index in [1.807, 2.05) is 6.07 Å². The summed E-state index contributed by atoms with van der Waals surface area (Å²) < 4.78 is 27.7. The molecule has 1 saturated heterocycles. The van der Waals surface area contributed by atoms with Crippen molar-refractivity contribution in [1.29, 1.82) is 0 Å². The number of halogens is 1. The largest absolute Gasteiger partial charge is 0.458 e. The van der Waals surface area contributed by atoms with Crippen LogP contribution >= 0.6 is 0 Å². The van der Waals surface area contributed by atoms with Gasteiger partial charge < -0.3 is 35.1 Å². The molecule has 1 aromatic carbocycles. The fourth-order valence-electron chi connectivity index (χ4n) is 8.40. The van der Waals surface area contributed by atoms with Crippen molar-refractivity contribution in [2.75, 3.05) is 19.9 Å². The molecule has 2 aromatic heterocycles. The summed E-state index contributed by atoms with van der Waals surface area (Å²) in [6.07, 6.45) is 3.94. The quantitative estimate of drug-likeness (QED) is 0.0454. The SMILES string of the molecule is C.CC[C@@]1(O)C(=O)OCc2c1cc1n(c2=O)Cc2cc3c(CCCCOCNC(=O)[C@H](C)NC(=O)[C@@H](NC(=O)CCCCCN4C(=O)CC(C)C4=O)C(C)C)c(C)c(F)cc3nc2-1. The minimum Gasteiger partial charge on any atom is -0.458 e. The fraction of sp³-hybridized carbons (Fsp3) is 0.565. The third-order valence-electron chi connectivity index (χ3n) is 12.2. The number of ether oxygens (including phenoxy) is 2. The van der Waals surface area contributed by atoms with Gasteiger partial charge in [0.1, 0.15) is 31.2 Å². The number of esters is 1. The number of hydrogen-bond donors (Lipinski definition) is 4. The minimum absolute atomic E-state index is 0. The number of hydrogen-bond acceptors (Lipinski definition) is 11. The van der Waals surface area contributed by atoms with E-state index in [0.717, 1.165) is 16.5 Å². The topological polar surface area (TPSA) is 215 Å². The van der Waals surface area contributed by atoms with Gasteiger partial charge in [0.05, 0.1) is 29.0 Å². The number of nitrogens with one attached hydrogen (secondary N) is 3. The normalized spacial score (nSPS) is 18.7. The number of aliphatic hydroxyl groups is 1. The highest BCUT2D eigenvalue weighted by Crippen LogP contribution is 2.39. The number of fused-ring (bicyclic) bond motifs is 5. The van der Waals surface area contributed by atoms with Gasteiger partial charge in [-0.1, -0.05) is 41.5 Å². The number of carbonyl (C=O) groups excluding carboxylic acids is 6. The van der Waals surface area contributed by atoms with Gasteiger partial charge >= 0.3 is 5.97 Å². The standard InChI is InChI=1S/C45H57FN6O10.CH4/c1-7-45(60)32-19-35-39-28(21-52(35)43(58)31(32)22-62-44(45)59)18-30-29(26(5)33(46)20-34(30)49-39)13-10-12-16-61-23-47-40(55)27(6)48-41(56)38(24(2)3)50-36(53)14-9-8-11-15-51-37(54)17-25(4)42(51)57;/h18-20,24-25,27,38,60H,7-17,21-23H2,1-6H3,(H,47,55)(H,48,56)(H,50,53);1H4/t25?,27-,38-,45-;/m0./s1. The summed E-state index contributed by atoms with van der Waals surface area (Å²) in [6, 6.07) is 3.17. The summed E-state index contributed by atoms with van der Waals surface area (Å²) in [7, 11) is 0. The number of aryl methyl sites for hydroxylation is 1. The Bertz CT molecular complexity index is 2350. The molecule has 17 heteroatoms. The Balaban J connectivity index is 0.00000748. The summed E-state index contributed by atoms with van der Waals surface area (Å²) in [5.74, 6) is -3.34. The Morgan fingerprint density at radius 3 is 2.46 bits per heavy atom. The first-order valence-electron chi connectivity index (χ1n) is 21.5. The Labute approximate surface area is 366 Å². The van der Waals surface area contributed by atoms with Crippen molar-refractivity contribution in [3.8, 4) is 11.4 Å². The molecule has 342 valence electrons. The molecule has 3 aliphatic rings. The number of likely N-dealkylation sites (tertiary alicyclic amines) is 1. The van der Waals surface area contributed by atoms with Crippen LogP contribution in [-0.2, 0) is 63.4 Å². The lowest BCUT2D eigenvalue weighted by Crippen LogP contribution is -2.54. The number of nitrogens with zero attached hydrogens (tertiary/aromatic N) is 3. The summed E-state index contributed by atoms with van der Waals surface area (Å²) in [6.45, 7) is 10.7. The van der Waals surface area contributed by atoms with E-state index in [1.54, 1.807) is 45.3 Å². The van der Waals surface area contributed by atoms with Crippen molar-refractivity contribution in [3.05, 3.63) is 62.2 Å². The summed E-state index contributed by atoms with van der Waals surface area (Å²) in [5, 5.41) is 20.0. The van der Waals surface area contributed by atoms with Gasteiger partial charge in [0.25, 0.3) is 5.56 Å². The molecule has 0 spiro atoms. The van der Waals surface area contributed by atoms with Crippen LogP contribution in [0.3, 0.4) is 0 Å². The molecule has 16 nitrogen and oxygen atoms in total. The molecule has 63 heavy (non-hydrogen) atoms. The molecular weight excluding hydrogens is 816 g/mol. The van der Waals surface area contributed by atoms with Gasteiger partial charge in [-0.25, -0.2) is 14.2 Å². The molecule has 1 unspecified atom stereocenters. The first-order chi connectivity index (χ1) is 29.5. The van der Waals surface area contributed by atoms with E-state index in [0.29, 0.717) is 74.1 Å². The molecule has 3 aliphatic heterocycles. The van der Waals surface area contributed by atoms with Crippen molar-refractivity contribution < 1.29 is 47.7 Å². The smallest absolute Gasteiger partial charge is 0.343 e. The molecule has 5 amide bonds. The molecule has 6 rings (SSSR count). The van der Waals surface area contributed by atoms with Crippen LogP contribution in [0.25, 0.3) is 22.3 Å². The van der Waals surface area contributed by atoms with Gasteiger partial charge in [0.15, 0.2) is 5.60 Å². The Morgan fingerprint density at radius 1 is 1.03 bits per heavy atom. The van der Waals surface area contributed by atoms with Crippen molar-refractivity contribution >= 4 is 46.4 Å². The zero-order valence-electron chi connectivity index (χ0n) is 36.3. The number of imide groups is 1. The van der Waals surface area contributed by atoms with Gasteiger partial charge in [-0.2, -0.15) is 0 Å². The second kappa shape index (κ2) is 20.3. The first kappa shape index (κ1) is 48.5. The predicted molar refractivity (Wildman–Crippen MR) is 231 cm³/mol. The number of carbonyl (C=O) groups is 6. The highest BCUT2D eigenvalue weighted by molar-refractivity contribution is 6.03. The van der Waals surface area contributed by atoms with Crippen molar-refractivity contribution in [3.63, 3.8) is 0 Å². The van der Waals surface area contributed by atoms with Crippen LogP contribution in [0.5, 0.6) is 0 Å². The van der Waals surface area contributed by atoms with Crippen LogP contribution in [0.2, 0.25) is 0 Å². The van der Waals surface area contributed by atoms with E-state index in [-0.39, 0.29) is 92.8 Å². The number of unbranched alkanes of at least 4 members (excludes halogenated alkanes) is 3. The van der Waals surface area contributed by atoms with Crippen LogP contribution in [0.15, 0.2) is 23.0 Å². The molecule has 5 heterocycles. The number of benzene rings is 1. The lowest BCUT2D eigenvalue weighted by molar-refractivity contribution is -0.172. The molecule has 3 aromatic rings. The van der Waals surface area contributed by atoms with E-state index in [2.05, 4.69) is 16.0 Å². The molecule has 0 saturated carbocycles. The summed E-state index contributed by atoms with van der Waals surface area (Å²) in [4.78, 5) is 94.8. The number of pyridine rings is 2. The van der Waals surface area contributed by atoms with Gasteiger partial charge in [-0.05, 0) is 81.5 Å². The molecule has 4 N–H and O–H groups in total. The monoisotopic (exact) mass is 876 g/mol. The predicted octanol–water partition coefficient (Wildman–Crippen LogP) is 4.18. The van der Waals surface area contributed by atoms with Gasteiger partial charge in [0.2, 0.25) is 29.5 Å². The lowest BCUT2D eigenvalue weighted by atomic mass is 9.86. The average Bonchev–Trinajstić information content (AvgIpc) is 3.71. The molecule has 0 radical (unpaired) electrons. The fourth-order valence-corrected chi connectivity index (χ4v) is 8.40. The number of aromatic nitrogens is 2. The Morgan fingerprint density at radius 2 is 1.78 bits per heavy atom. The average molecular weight is 877 g/mol. The second-order valence-electron chi connectivity index (χ2n) is 17.0. The third-order valence-corrected chi connectivity index (χ3v) is 12.2. The molecule has 1 fully saturated rings.